The highest BCUT2D eigenvalue weighted by Gasteiger charge is 2.45. The minimum Gasteiger partial charge on any atom is -0.480 e. The lowest BCUT2D eigenvalue weighted by molar-refractivity contribution is -0.192. The highest BCUT2D eigenvalue weighted by molar-refractivity contribution is 5.78. The number of carbonyl (C=O) groups is 7. The van der Waals surface area contributed by atoms with Crippen molar-refractivity contribution in [3.05, 3.63) is 0 Å². The molecule has 0 saturated carbocycles. The fourth-order valence-electron chi connectivity index (χ4n) is 4.72. The van der Waals surface area contributed by atoms with Crippen molar-refractivity contribution in [3.8, 4) is 0 Å². The number of hydrogen-bond donors (Lipinski definition) is 3. The lowest BCUT2D eigenvalue weighted by atomic mass is 9.95. The average molecular weight is 676 g/mol. The van der Waals surface area contributed by atoms with Gasteiger partial charge in [-0.2, -0.15) is 13.2 Å². The van der Waals surface area contributed by atoms with E-state index in [0.717, 1.165) is 0 Å². The number of carboxylic acids is 3. The number of carbonyl (C=O) groups excluding carboxylic acids is 4. The lowest BCUT2D eigenvalue weighted by Crippen LogP contribution is -2.62. The number of aliphatic carboxylic acids is 3. The van der Waals surface area contributed by atoms with Crippen LogP contribution in [-0.2, 0) is 52.5 Å². The Morgan fingerprint density at radius 3 is 1.28 bits per heavy atom. The second-order valence-electron chi connectivity index (χ2n) is 10.2. The molecule has 0 aliphatic carbocycles. The summed E-state index contributed by atoms with van der Waals surface area (Å²) in [5.41, 5.74) is -1.23. The van der Waals surface area contributed by atoms with Gasteiger partial charge in [-0.1, -0.05) is 0 Å². The third kappa shape index (κ3) is 14.4. The van der Waals surface area contributed by atoms with Crippen LogP contribution in [0.2, 0.25) is 0 Å². The summed E-state index contributed by atoms with van der Waals surface area (Å²) in [6, 6.07) is -1.90. The van der Waals surface area contributed by atoms with Crippen molar-refractivity contribution in [2.24, 2.45) is 0 Å². The van der Waals surface area contributed by atoms with Crippen molar-refractivity contribution in [1.29, 1.82) is 0 Å². The first-order chi connectivity index (χ1) is 21.3. The van der Waals surface area contributed by atoms with Crippen molar-refractivity contribution in [2.45, 2.75) is 56.4 Å². The van der Waals surface area contributed by atoms with E-state index >= 15 is 0 Å². The molecule has 0 radical (unpaired) electrons. The third-order valence-electron chi connectivity index (χ3n) is 6.95. The quantitative estimate of drug-likeness (QED) is 0.146. The molecule has 46 heavy (non-hydrogen) atoms. The smallest absolute Gasteiger partial charge is 0.480 e. The van der Waals surface area contributed by atoms with E-state index in [1.807, 2.05) is 0 Å². The molecule has 0 aromatic heterocycles. The Hall–Kier alpha value is -4.04. The van der Waals surface area contributed by atoms with Crippen molar-refractivity contribution in [1.82, 2.24) is 14.7 Å². The van der Waals surface area contributed by atoms with Gasteiger partial charge in [0.15, 0.2) is 0 Å². The summed E-state index contributed by atoms with van der Waals surface area (Å²) in [7, 11) is 4.82. The summed E-state index contributed by atoms with van der Waals surface area (Å²) < 4.78 is 51.0. The Balaban J connectivity index is 0.00000258. The van der Waals surface area contributed by atoms with E-state index in [0.29, 0.717) is 0 Å². The predicted octanol–water partition coefficient (Wildman–Crippen LogP) is -0.543. The fraction of sp³-hybridized carbons (Fsp3) is 0.731. The van der Waals surface area contributed by atoms with Crippen LogP contribution in [0, 0.1) is 0 Å². The van der Waals surface area contributed by atoms with Gasteiger partial charge >= 0.3 is 48.0 Å². The molecule has 0 bridgehead atoms. The largest absolute Gasteiger partial charge is 0.490 e. The molecule has 0 amide bonds. The molecule has 264 valence electrons. The van der Waals surface area contributed by atoms with Crippen LogP contribution in [-0.4, -0.2) is 163 Å². The Labute approximate surface area is 262 Å². The van der Waals surface area contributed by atoms with Gasteiger partial charge in [0, 0.05) is 44.6 Å². The molecule has 2 atom stereocenters. The van der Waals surface area contributed by atoms with Crippen LogP contribution in [0.3, 0.4) is 0 Å². The first kappa shape index (κ1) is 42.0. The molecule has 1 heterocycles. The van der Waals surface area contributed by atoms with E-state index in [2.05, 4.69) is 9.47 Å². The van der Waals surface area contributed by atoms with Gasteiger partial charge in [-0.05, 0) is 19.8 Å². The Bertz CT molecular complexity index is 1020. The summed E-state index contributed by atoms with van der Waals surface area (Å²) >= 11 is 0. The van der Waals surface area contributed by atoms with Crippen molar-refractivity contribution in [2.75, 3.05) is 67.7 Å². The first-order valence-corrected chi connectivity index (χ1v) is 13.5. The van der Waals surface area contributed by atoms with Gasteiger partial charge in [-0.3, -0.25) is 43.5 Å². The zero-order valence-electron chi connectivity index (χ0n) is 26.0. The zero-order chi connectivity index (χ0) is 35.8. The number of nitrogens with zero attached hydrogens (tertiary/aromatic N) is 3. The molecule has 0 spiro atoms. The molecule has 1 saturated heterocycles. The first-order valence-electron chi connectivity index (χ1n) is 13.5. The lowest BCUT2D eigenvalue weighted by Gasteiger charge is -2.44. The van der Waals surface area contributed by atoms with E-state index in [-0.39, 0.29) is 51.9 Å². The maximum Gasteiger partial charge on any atom is 0.490 e. The molecule has 17 nitrogen and oxygen atoms in total. The number of carboxylic acid groups (broad SMARTS) is 3. The van der Waals surface area contributed by atoms with Gasteiger partial charge in [0.05, 0.1) is 41.5 Å². The highest BCUT2D eigenvalue weighted by atomic mass is 19.4. The molecular formula is C26H40F3N3O14. The van der Waals surface area contributed by atoms with E-state index in [9.17, 15) is 52.2 Å². The van der Waals surface area contributed by atoms with E-state index < -0.39 is 78.7 Å². The Morgan fingerprint density at radius 2 is 1.04 bits per heavy atom. The van der Waals surface area contributed by atoms with Crippen LogP contribution in [0.25, 0.3) is 0 Å². The Morgan fingerprint density at radius 1 is 0.717 bits per heavy atom. The predicted molar refractivity (Wildman–Crippen MR) is 146 cm³/mol. The summed E-state index contributed by atoms with van der Waals surface area (Å²) in [4.78, 5) is 86.1. The Kier molecular flexibility index (Phi) is 17.8. The van der Waals surface area contributed by atoms with Gasteiger partial charge in [0.2, 0.25) is 0 Å². The maximum absolute atomic E-state index is 12.8. The molecule has 3 N–H and O–H groups in total. The number of halogens is 3. The minimum atomic E-state index is -5.08. The summed E-state index contributed by atoms with van der Waals surface area (Å²) in [5, 5.41) is 26.2. The van der Waals surface area contributed by atoms with Gasteiger partial charge in [0.25, 0.3) is 0 Å². The van der Waals surface area contributed by atoms with Crippen LogP contribution in [0.4, 0.5) is 13.2 Å². The second kappa shape index (κ2) is 19.5. The normalized spacial score (nSPS) is 18.5. The summed E-state index contributed by atoms with van der Waals surface area (Å²) in [6.45, 7) is 0.674. The number of esters is 4. The van der Waals surface area contributed by atoms with Crippen molar-refractivity contribution in [3.63, 3.8) is 0 Å². The van der Waals surface area contributed by atoms with Gasteiger partial charge in [-0.25, -0.2) is 4.79 Å². The van der Waals surface area contributed by atoms with Crippen LogP contribution in [0.5, 0.6) is 0 Å². The van der Waals surface area contributed by atoms with E-state index in [1.54, 1.807) is 16.7 Å². The SMILES string of the molecule is COC(=O)CCC(C(=O)OC)N1CCN(C(CCC(=O)OC)C(=O)OC)CC(C)(N(CC(=O)O)CC(=O)O)C1.O=C(O)C(F)(F)F. The van der Waals surface area contributed by atoms with E-state index in [4.69, 9.17) is 19.4 Å². The van der Waals surface area contributed by atoms with Crippen molar-refractivity contribution >= 4 is 41.8 Å². The minimum absolute atomic E-state index is 0.00407. The third-order valence-corrected chi connectivity index (χ3v) is 6.95. The number of ether oxygens (including phenoxy) is 4. The topological polar surface area (TPSA) is 227 Å². The molecule has 1 rings (SSSR count). The molecule has 1 fully saturated rings. The standard InChI is InChI=1S/C24H39N3O12.C2HF3O2/c1-24(27(12-18(28)29)13-19(30)31)14-25(16(22(34)38-4)6-8-20(32)36-2)10-11-26(15-24)17(23(35)39-5)7-9-21(33)37-3;3-2(4,5)1(6)7/h16-17H,6-15H2,1-5H3,(H,28,29)(H,30,31);(H,6,7). The molecule has 0 aromatic rings. The molecule has 20 heteroatoms. The monoisotopic (exact) mass is 675 g/mol. The van der Waals surface area contributed by atoms with Crippen LogP contribution < -0.4 is 0 Å². The summed E-state index contributed by atoms with van der Waals surface area (Å²) in [6.07, 6.45) is -5.25. The fourth-order valence-corrected chi connectivity index (χ4v) is 4.72. The van der Waals surface area contributed by atoms with Gasteiger partial charge in [0.1, 0.15) is 12.1 Å². The number of methoxy groups -OCH3 is 4. The van der Waals surface area contributed by atoms with Crippen LogP contribution in [0.15, 0.2) is 0 Å². The molecule has 2 unspecified atom stereocenters. The number of hydrogen-bond acceptors (Lipinski definition) is 14. The maximum atomic E-state index is 12.8. The summed E-state index contributed by atoms with van der Waals surface area (Å²) in [5.74, 6) is -7.69. The second-order valence-corrected chi connectivity index (χ2v) is 10.2. The zero-order valence-corrected chi connectivity index (χ0v) is 26.0. The molecular weight excluding hydrogens is 635 g/mol. The van der Waals surface area contributed by atoms with Gasteiger partial charge in [-0.15, -0.1) is 0 Å². The van der Waals surface area contributed by atoms with Crippen molar-refractivity contribution < 1.29 is 81.0 Å². The van der Waals surface area contributed by atoms with E-state index in [1.165, 1.54) is 33.3 Å². The van der Waals surface area contributed by atoms with Gasteiger partial charge < -0.3 is 34.3 Å². The average Bonchev–Trinajstić information content (AvgIpc) is 3.15. The number of alkyl halides is 3. The molecule has 1 aliphatic rings. The highest BCUT2D eigenvalue weighted by Crippen LogP contribution is 2.27. The molecule has 1 aliphatic heterocycles. The van der Waals surface area contributed by atoms with Crippen LogP contribution >= 0.6 is 0 Å². The van der Waals surface area contributed by atoms with Crippen LogP contribution in [0.1, 0.15) is 32.6 Å². The molecule has 0 aromatic carbocycles. The number of rotatable bonds is 15.